The highest BCUT2D eigenvalue weighted by Gasteiger charge is 2.33. The predicted octanol–water partition coefficient (Wildman–Crippen LogP) is 1.61. The molecule has 2 aliphatic rings. The molecule has 0 bridgehead atoms. The van der Waals surface area contributed by atoms with Crippen molar-refractivity contribution in [1.82, 2.24) is 4.90 Å². The number of rotatable bonds is 4. The average Bonchev–Trinajstić information content (AvgIpc) is 2.84. The van der Waals surface area contributed by atoms with Crippen molar-refractivity contribution in [3.63, 3.8) is 0 Å². The number of nitrogens with two attached hydrogens (primary N) is 1. The summed E-state index contributed by atoms with van der Waals surface area (Å²) in [5.41, 5.74) is 6.00. The third-order valence-electron chi connectivity index (χ3n) is 4.32. The van der Waals surface area contributed by atoms with E-state index in [9.17, 15) is 0 Å². The third kappa shape index (κ3) is 2.58. The quantitative estimate of drug-likeness (QED) is 0.791. The summed E-state index contributed by atoms with van der Waals surface area (Å²) >= 11 is 0. The first-order valence-electron chi connectivity index (χ1n) is 6.90. The minimum atomic E-state index is 0.563. The summed E-state index contributed by atoms with van der Waals surface area (Å²) in [6, 6.07) is 1.33. The third-order valence-corrected chi connectivity index (χ3v) is 4.32. The van der Waals surface area contributed by atoms with Crippen LogP contribution in [-0.2, 0) is 4.74 Å². The van der Waals surface area contributed by atoms with Gasteiger partial charge in [0.2, 0.25) is 0 Å². The van der Waals surface area contributed by atoms with Crippen LogP contribution in [-0.4, -0.2) is 43.3 Å². The zero-order valence-electron chi connectivity index (χ0n) is 10.5. The maximum Gasteiger partial charge on any atom is 0.0510 e. The molecule has 0 saturated carbocycles. The second-order valence-electron chi connectivity index (χ2n) is 5.22. The topological polar surface area (TPSA) is 38.5 Å². The van der Waals surface area contributed by atoms with E-state index in [0.29, 0.717) is 12.0 Å². The van der Waals surface area contributed by atoms with E-state index in [4.69, 9.17) is 10.5 Å². The van der Waals surface area contributed by atoms with Gasteiger partial charge in [-0.1, -0.05) is 13.3 Å². The first-order chi connectivity index (χ1) is 7.86. The molecule has 3 atom stereocenters. The molecule has 2 aliphatic heterocycles. The van der Waals surface area contributed by atoms with Crippen molar-refractivity contribution in [3.8, 4) is 0 Å². The Bertz CT molecular complexity index is 202. The highest BCUT2D eigenvalue weighted by molar-refractivity contribution is 4.88. The molecular formula is C13H26N2O. The van der Waals surface area contributed by atoms with Crippen LogP contribution in [0, 0.1) is 5.92 Å². The van der Waals surface area contributed by atoms with Crippen molar-refractivity contribution in [2.24, 2.45) is 11.7 Å². The lowest BCUT2D eigenvalue weighted by Crippen LogP contribution is -2.52. The largest absolute Gasteiger partial charge is 0.381 e. The molecule has 2 rings (SSSR count). The molecule has 0 amide bonds. The number of likely N-dealkylation sites (tertiary alicyclic amines) is 1. The molecule has 2 N–H and O–H groups in total. The van der Waals surface area contributed by atoms with Crippen LogP contribution in [0.25, 0.3) is 0 Å². The molecular weight excluding hydrogens is 200 g/mol. The lowest BCUT2D eigenvalue weighted by atomic mass is 9.91. The Kier molecular flexibility index (Phi) is 4.62. The van der Waals surface area contributed by atoms with Gasteiger partial charge in [0.15, 0.2) is 0 Å². The molecule has 94 valence electrons. The van der Waals surface area contributed by atoms with Crippen LogP contribution in [0.2, 0.25) is 0 Å². The van der Waals surface area contributed by atoms with E-state index in [1.54, 1.807) is 0 Å². The normalized spacial score (nSPS) is 34.1. The zero-order chi connectivity index (χ0) is 11.4. The van der Waals surface area contributed by atoms with Crippen LogP contribution in [0.5, 0.6) is 0 Å². The van der Waals surface area contributed by atoms with E-state index >= 15 is 0 Å². The summed E-state index contributed by atoms with van der Waals surface area (Å²) in [7, 11) is 0. The van der Waals surface area contributed by atoms with Gasteiger partial charge in [-0.15, -0.1) is 0 Å². The number of hydrogen-bond donors (Lipinski definition) is 1. The van der Waals surface area contributed by atoms with Gasteiger partial charge >= 0.3 is 0 Å². The lowest BCUT2D eigenvalue weighted by Gasteiger charge is -2.42. The number of hydrogen-bond acceptors (Lipinski definition) is 3. The molecule has 16 heavy (non-hydrogen) atoms. The molecule has 0 spiro atoms. The summed E-state index contributed by atoms with van der Waals surface area (Å²) in [6.07, 6.45) is 6.58. The molecule has 0 aliphatic carbocycles. The van der Waals surface area contributed by atoms with E-state index in [1.807, 2.05) is 0 Å². The molecule has 0 aromatic heterocycles. The first-order valence-corrected chi connectivity index (χ1v) is 6.90. The van der Waals surface area contributed by atoms with Gasteiger partial charge in [-0.2, -0.15) is 0 Å². The molecule has 3 unspecified atom stereocenters. The van der Waals surface area contributed by atoms with Gasteiger partial charge in [-0.05, 0) is 32.2 Å². The van der Waals surface area contributed by atoms with Crippen LogP contribution in [0.15, 0.2) is 0 Å². The van der Waals surface area contributed by atoms with Gasteiger partial charge in [-0.25, -0.2) is 0 Å². The van der Waals surface area contributed by atoms with E-state index in [0.717, 1.165) is 25.8 Å². The summed E-state index contributed by atoms with van der Waals surface area (Å²) < 4.78 is 5.52. The van der Waals surface area contributed by atoms with Crippen LogP contribution in [0.3, 0.4) is 0 Å². The summed E-state index contributed by atoms with van der Waals surface area (Å²) in [5, 5.41) is 0. The van der Waals surface area contributed by atoms with E-state index in [1.165, 1.54) is 38.6 Å². The SMILES string of the molecule is CCC1CCCCN1C(CN)C1CCOC1. The van der Waals surface area contributed by atoms with Gasteiger partial charge in [0.25, 0.3) is 0 Å². The number of nitrogens with zero attached hydrogens (tertiary/aromatic N) is 1. The van der Waals surface area contributed by atoms with Crippen LogP contribution >= 0.6 is 0 Å². The van der Waals surface area contributed by atoms with Gasteiger partial charge in [0, 0.05) is 31.2 Å². The maximum absolute atomic E-state index is 6.00. The predicted molar refractivity (Wildman–Crippen MR) is 66.4 cm³/mol. The van der Waals surface area contributed by atoms with Gasteiger partial charge in [0.05, 0.1) is 6.61 Å². The molecule has 2 saturated heterocycles. The Hall–Kier alpha value is -0.120. The molecule has 0 aromatic carbocycles. The highest BCUT2D eigenvalue weighted by atomic mass is 16.5. The van der Waals surface area contributed by atoms with Crippen LogP contribution < -0.4 is 5.73 Å². The van der Waals surface area contributed by atoms with Crippen molar-refractivity contribution >= 4 is 0 Å². The Morgan fingerprint density at radius 2 is 2.25 bits per heavy atom. The Labute approximate surface area is 99.3 Å². The minimum Gasteiger partial charge on any atom is -0.381 e. The Morgan fingerprint density at radius 3 is 2.88 bits per heavy atom. The Morgan fingerprint density at radius 1 is 1.38 bits per heavy atom. The summed E-state index contributed by atoms with van der Waals surface area (Å²) in [5.74, 6) is 0.678. The molecule has 3 nitrogen and oxygen atoms in total. The fourth-order valence-corrected chi connectivity index (χ4v) is 3.35. The van der Waals surface area contributed by atoms with Crippen LogP contribution in [0.4, 0.5) is 0 Å². The van der Waals surface area contributed by atoms with Gasteiger partial charge in [0.1, 0.15) is 0 Å². The fourth-order valence-electron chi connectivity index (χ4n) is 3.35. The van der Waals surface area contributed by atoms with E-state index in [-0.39, 0.29) is 0 Å². The standard InChI is InChI=1S/C13H26N2O/c1-2-12-5-3-4-7-15(12)13(9-14)11-6-8-16-10-11/h11-13H,2-10,14H2,1H3. The van der Waals surface area contributed by atoms with E-state index in [2.05, 4.69) is 11.8 Å². The monoisotopic (exact) mass is 226 g/mol. The molecule has 2 fully saturated rings. The van der Waals surface area contributed by atoms with Gasteiger partial charge in [-0.3, -0.25) is 4.90 Å². The van der Waals surface area contributed by atoms with Crippen molar-refractivity contribution < 1.29 is 4.74 Å². The molecule has 0 radical (unpaired) electrons. The smallest absolute Gasteiger partial charge is 0.0510 e. The Balaban J connectivity index is 1.99. The second kappa shape index (κ2) is 5.99. The second-order valence-corrected chi connectivity index (χ2v) is 5.22. The first kappa shape index (κ1) is 12.3. The highest BCUT2D eigenvalue weighted by Crippen LogP contribution is 2.28. The van der Waals surface area contributed by atoms with E-state index < -0.39 is 0 Å². The average molecular weight is 226 g/mol. The fraction of sp³-hybridized carbons (Fsp3) is 1.00. The van der Waals surface area contributed by atoms with Crippen LogP contribution in [0.1, 0.15) is 39.0 Å². The van der Waals surface area contributed by atoms with Crippen molar-refractivity contribution in [3.05, 3.63) is 0 Å². The van der Waals surface area contributed by atoms with Crippen molar-refractivity contribution in [2.45, 2.75) is 51.1 Å². The zero-order valence-corrected chi connectivity index (χ0v) is 10.5. The molecule has 0 aromatic rings. The number of ether oxygens (including phenoxy) is 1. The summed E-state index contributed by atoms with van der Waals surface area (Å²) in [6.45, 7) is 6.21. The minimum absolute atomic E-state index is 0.563. The number of piperidine rings is 1. The lowest BCUT2D eigenvalue weighted by molar-refractivity contribution is 0.0569. The molecule has 2 heterocycles. The van der Waals surface area contributed by atoms with Gasteiger partial charge < -0.3 is 10.5 Å². The van der Waals surface area contributed by atoms with Crippen molar-refractivity contribution in [1.29, 1.82) is 0 Å². The van der Waals surface area contributed by atoms with Crippen molar-refractivity contribution in [2.75, 3.05) is 26.3 Å². The molecule has 3 heteroatoms. The maximum atomic E-state index is 6.00. The summed E-state index contributed by atoms with van der Waals surface area (Å²) in [4.78, 5) is 2.68.